The van der Waals surface area contributed by atoms with Gasteiger partial charge in [0.05, 0.1) is 6.54 Å². The Hall–Kier alpha value is -0.610. The van der Waals surface area contributed by atoms with Gasteiger partial charge in [0.25, 0.3) is 0 Å². The molecule has 24 heavy (non-hydrogen) atoms. The van der Waals surface area contributed by atoms with E-state index in [1.54, 1.807) is 0 Å². The highest BCUT2D eigenvalue weighted by atomic mass is 16.2. The number of rotatable bonds is 3. The normalized spacial score (nSPS) is 22.8. The average molecular weight is 338 g/mol. The van der Waals surface area contributed by atoms with E-state index in [4.69, 9.17) is 0 Å². The molecule has 0 spiro atoms. The fraction of sp³-hybridized carbons (Fsp3) is 0.950. The van der Waals surface area contributed by atoms with E-state index in [-0.39, 0.29) is 11.4 Å². The lowest BCUT2D eigenvalue weighted by Crippen LogP contribution is -2.52. The summed E-state index contributed by atoms with van der Waals surface area (Å²) in [6.07, 6.45) is 4.94. The van der Waals surface area contributed by atoms with Crippen molar-refractivity contribution < 1.29 is 4.79 Å². The number of piperidine rings is 2. The summed E-state index contributed by atoms with van der Waals surface area (Å²) in [6.45, 7) is 18.2. The quantitative estimate of drug-likeness (QED) is 0.859. The highest BCUT2D eigenvalue weighted by Gasteiger charge is 2.33. The highest BCUT2D eigenvalue weighted by molar-refractivity contribution is 5.78. The number of hydrogen-bond acceptors (Lipinski definition) is 3. The molecule has 0 unspecified atom stereocenters. The lowest BCUT2D eigenvalue weighted by atomic mass is 9.75. The molecule has 2 heterocycles. The molecule has 0 radical (unpaired) electrons. The molecule has 1 N–H and O–H groups in total. The fourth-order valence-electron chi connectivity index (χ4n) is 4.06. The van der Waals surface area contributed by atoms with Crippen molar-refractivity contribution in [3.8, 4) is 0 Å². The molecule has 2 rings (SSSR count). The second-order valence-corrected chi connectivity index (χ2v) is 9.89. The van der Waals surface area contributed by atoms with Gasteiger partial charge in [0.15, 0.2) is 0 Å². The molecule has 4 heteroatoms. The average Bonchev–Trinajstić information content (AvgIpc) is 2.51. The number of amides is 1. The summed E-state index contributed by atoms with van der Waals surface area (Å²) in [7, 11) is 0. The molecule has 0 atom stereocenters. The van der Waals surface area contributed by atoms with Crippen LogP contribution in [0.2, 0.25) is 0 Å². The van der Waals surface area contributed by atoms with E-state index in [0.29, 0.717) is 18.0 Å². The molecule has 0 aliphatic carbocycles. The third-order valence-electron chi connectivity index (χ3n) is 5.86. The number of carbonyl (C=O) groups is 1. The van der Waals surface area contributed by atoms with Crippen molar-refractivity contribution in [3.63, 3.8) is 0 Å². The second kappa shape index (κ2) is 7.74. The van der Waals surface area contributed by atoms with Crippen molar-refractivity contribution in [2.24, 2.45) is 11.3 Å². The molecule has 0 aromatic rings. The van der Waals surface area contributed by atoms with Gasteiger partial charge in [0.2, 0.25) is 5.91 Å². The van der Waals surface area contributed by atoms with Crippen LogP contribution in [0.25, 0.3) is 0 Å². The topological polar surface area (TPSA) is 35.6 Å². The van der Waals surface area contributed by atoms with Crippen molar-refractivity contribution in [1.82, 2.24) is 15.1 Å². The first-order chi connectivity index (χ1) is 11.1. The smallest absolute Gasteiger partial charge is 0.236 e. The van der Waals surface area contributed by atoms with Crippen molar-refractivity contribution in [2.75, 3.05) is 32.7 Å². The molecule has 4 nitrogen and oxygen atoms in total. The largest absolute Gasteiger partial charge is 0.341 e. The zero-order chi connectivity index (χ0) is 18.0. The van der Waals surface area contributed by atoms with Crippen LogP contribution in [0.4, 0.5) is 0 Å². The minimum atomic E-state index is 0.00534. The van der Waals surface area contributed by atoms with Gasteiger partial charge in [0, 0.05) is 24.7 Å². The maximum atomic E-state index is 12.3. The van der Waals surface area contributed by atoms with Gasteiger partial charge in [-0.05, 0) is 70.9 Å². The SMILES string of the molecule is CC(C)(C)NCC(=O)N1CCC(N2CCC(C(C)(C)C)CC2)CC1. The Morgan fingerprint density at radius 1 is 0.917 bits per heavy atom. The Bertz CT molecular complexity index is 406. The Morgan fingerprint density at radius 3 is 1.92 bits per heavy atom. The van der Waals surface area contributed by atoms with Gasteiger partial charge in [-0.25, -0.2) is 0 Å². The Kier molecular flexibility index (Phi) is 6.35. The number of likely N-dealkylation sites (tertiary alicyclic amines) is 2. The molecule has 0 bridgehead atoms. The first kappa shape index (κ1) is 19.7. The van der Waals surface area contributed by atoms with Crippen LogP contribution in [0.15, 0.2) is 0 Å². The van der Waals surface area contributed by atoms with Gasteiger partial charge in [-0.1, -0.05) is 20.8 Å². The number of nitrogens with one attached hydrogen (secondary N) is 1. The summed E-state index contributed by atoms with van der Waals surface area (Å²) < 4.78 is 0. The van der Waals surface area contributed by atoms with Gasteiger partial charge < -0.3 is 15.1 Å². The minimum Gasteiger partial charge on any atom is -0.341 e. The monoisotopic (exact) mass is 337 g/mol. The van der Waals surface area contributed by atoms with Crippen LogP contribution in [-0.2, 0) is 4.79 Å². The zero-order valence-electron chi connectivity index (χ0n) is 16.8. The van der Waals surface area contributed by atoms with Gasteiger partial charge in [-0.2, -0.15) is 0 Å². The molecule has 1 amide bonds. The van der Waals surface area contributed by atoms with Crippen LogP contribution in [0.5, 0.6) is 0 Å². The van der Waals surface area contributed by atoms with Crippen LogP contribution < -0.4 is 5.32 Å². The number of carbonyl (C=O) groups excluding carboxylic acids is 1. The van der Waals surface area contributed by atoms with Crippen molar-refractivity contribution >= 4 is 5.91 Å². The number of hydrogen-bond donors (Lipinski definition) is 1. The van der Waals surface area contributed by atoms with Crippen LogP contribution >= 0.6 is 0 Å². The third-order valence-corrected chi connectivity index (χ3v) is 5.86. The molecule has 2 aliphatic heterocycles. The summed E-state index contributed by atoms with van der Waals surface area (Å²) >= 11 is 0. The predicted octanol–water partition coefficient (Wildman–Crippen LogP) is 3.12. The molecular weight excluding hydrogens is 298 g/mol. The summed E-state index contributed by atoms with van der Waals surface area (Å²) in [5, 5.41) is 3.31. The van der Waals surface area contributed by atoms with Gasteiger partial charge in [0.1, 0.15) is 0 Å². The van der Waals surface area contributed by atoms with Crippen molar-refractivity contribution in [1.29, 1.82) is 0 Å². The zero-order valence-corrected chi connectivity index (χ0v) is 16.8. The second-order valence-electron chi connectivity index (χ2n) is 9.89. The maximum absolute atomic E-state index is 12.3. The van der Waals surface area contributed by atoms with E-state index in [1.165, 1.54) is 25.9 Å². The van der Waals surface area contributed by atoms with Gasteiger partial charge in [-0.3, -0.25) is 4.79 Å². The summed E-state index contributed by atoms with van der Waals surface area (Å²) in [4.78, 5) is 17.1. The molecule has 2 aliphatic rings. The van der Waals surface area contributed by atoms with E-state index in [2.05, 4.69) is 56.7 Å². The summed E-state index contributed by atoms with van der Waals surface area (Å²) in [6, 6.07) is 0.686. The van der Waals surface area contributed by atoms with E-state index < -0.39 is 0 Å². The van der Waals surface area contributed by atoms with Gasteiger partial charge in [-0.15, -0.1) is 0 Å². The molecule has 2 fully saturated rings. The molecule has 140 valence electrons. The highest BCUT2D eigenvalue weighted by Crippen LogP contribution is 2.35. The first-order valence-corrected chi connectivity index (χ1v) is 9.83. The summed E-state index contributed by atoms with van der Waals surface area (Å²) in [5.41, 5.74) is 0.452. The minimum absolute atomic E-state index is 0.00534. The number of nitrogens with zero attached hydrogens (tertiary/aromatic N) is 2. The van der Waals surface area contributed by atoms with E-state index in [9.17, 15) is 4.79 Å². The van der Waals surface area contributed by atoms with Crippen molar-refractivity contribution in [2.45, 2.75) is 78.8 Å². The van der Waals surface area contributed by atoms with E-state index >= 15 is 0 Å². The van der Waals surface area contributed by atoms with Crippen LogP contribution in [0.1, 0.15) is 67.2 Å². The van der Waals surface area contributed by atoms with Crippen molar-refractivity contribution in [3.05, 3.63) is 0 Å². The molecule has 2 saturated heterocycles. The summed E-state index contributed by atoms with van der Waals surface area (Å²) in [5.74, 6) is 1.12. The molecule has 0 aromatic heterocycles. The molecule has 0 saturated carbocycles. The molecule has 0 aromatic carbocycles. The van der Waals surface area contributed by atoms with Gasteiger partial charge >= 0.3 is 0 Å². The Balaban J connectivity index is 1.72. The van der Waals surface area contributed by atoms with Crippen LogP contribution in [0, 0.1) is 11.3 Å². The fourth-order valence-corrected chi connectivity index (χ4v) is 4.06. The van der Waals surface area contributed by atoms with E-state index in [1.807, 2.05) is 0 Å². The van der Waals surface area contributed by atoms with E-state index in [0.717, 1.165) is 31.8 Å². The third kappa shape index (κ3) is 5.73. The maximum Gasteiger partial charge on any atom is 0.236 e. The Morgan fingerprint density at radius 2 is 1.46 bits per heavy atom. The first-order valence-electron chi connectivity index (χ1n) is 9.83. The molecular formula is C20H39N3O. The lowest BCUT2D eigenvalue weighted by Gasteiger charge is -2.44. The Labute approximate surface area is 149 Å². The van der Waals surface area contributed by atoms with Crippen LogP contribution in [0.3, 0.4) is 0 Å². The predicted molar refractivity (Wildman–Crippen MR) is 101 cm³/mol. The lowest BCUT2D eigenvalue weighted by molar-refractivity contribution is -0.132. The standard InChI is InChI=1S/C20H39N3O/c1-19(2,3)16-7-11-22(12-8-16)17-9-13-23(14-10-17)18(24)15-21-20(4,5)6/h16-17,21H,7-15H2,1-6H3. The van der Waals surface area contributed by atoms with Crippen LogP contribution in [-0.4, -0.2) is 60.0 Å².